The predicted molar refractivity (Wildman–Crippen MR) is 138 cm³/mol. The number of aryl methyl sites for hydroxylation is 1. The summed E-state index contributed by atoms with van der Waals surface area (Å²) in [6.45, 7) is 3.00. The van der Waals surface area contributed by atoms with E-state index in [1.807, 2.05) is 29.6 Å². The average Bonchev–Trinajstić information content (AvgIpc) is 3.39. The molecule has 3 heterocycles. The molecule has 0 saturated carbocycles. The highest BCUT2D eigenvalue weighted by molar-refractivity contribution is 9.11. The summed E-state index contributed by atoms with van der Waals surface area (Å²) in [6.07, 6.45) is 3.87. The number of fused-ring (bicyclic) bond motifs is 2. The largest absolute Gasteiger partial charge is 0.421 e. The highest BCUT2D eigenvalue weighted by atomic mass is 79.9. The molecule has 32 heavy (non-hydrogen) atoms. The van der Waals surface area contributed by atoms with E-state index in [4.69, 9.17) is 4.42 Å². The monoisotopic (exact) mass is 570 g/mol. The fourth-order valence-electron chi connectivity index (χ4n) is 3.58. The molecule has 0 aliphatic rings. The smallest absolute Gasteiger partial charge is 0.345 e. The summed E-state index contributed by atoms with van der Waals surface area (Å²) in [5.41, 5.74) is 6.19. The molecule has 6 nitrogen and oxygen atoms in total. The Morgan fingerprint density at radius 1 is 1.25 bits per heavy atom. The van der Waals surface area contributed by atoms with Crippen LogP contribution in [0, 0.1) is 0 Å². The third-order valence-corrected chi connectivity index (χ3v) is 6.85. The molecule has 1 N–H and O–H groups in total. The van der Waals surface area contributed by atoms with E-state index in [0.29, 0.717) is 26.4 Å². The Bertz CT molecular complexity index is 1550. The molecular weight excluding hydrogens is 556 g/mol. The van der Waals surface area contributed by atoms with E-state index in [-0.39, 0.29) is 0 Å². The van der Waals surface area contributed by atoms with Gasteiger partial charge in [-0.2, -0.15) is 5.10 Å². The number of nitrogens with one attached hydrogen (secondary N) is 1. The third-order valence-electron chi connectivity index (χ3n) is 5.06. The molecule has 0 bridgehead atoms. The Hall–Kier alpha value is -2.75. The Labute approximate surface area is 203 Å². The van der Waals surface area contributed by atoms with Crippen LogP contribution in [0.3, 0.4) is 0 Å². The molecule has 0 radical (unpaired) electrons. The van der Waals surface area contributed by atoms with E-state index in [2.05, 4.69) is 77.2 Å². The van der Waals surface area contributed by atoms with Crippen molar-refractivity contribution in [3.63, 3.8) is 0 Å². The van der Waals surface area contributed by atoms with Gasteiger partial charge in [0.15, 0.2) is 5.58 Å². The van der Waals surface area contributed by atoms with Crippen LogP contribution in [0.5, 0.6) is 0 Å². The molecule has 0 amide bonds. The third kappa shape index (κ3) is 3.92. The van der Waals surface area contributed by atoms with Gasteiger partial charge in [-0.15, -0.1) is 11.3 Å². The van der Waals surface area contributed by atoms with Gasteiger partial charge in [0, 0.05) is 44.4 Å². The molecule has 5 aromatic rings. The van der Waals surface area contributed by atoms with Gasteiger partial charge in [0.05, 0.1) is 21.9 Å². The summed E-state index contributed by atoms with van der Waals surface area (Å²) in [7, 11) is 0. The minimum Gasteiger partial charge on any atom is -0.421 e. The lowest BCUT2D eigenvalue weighted by atomic mass is 10.1. The maximum Gasteiger partial charge on any atom is 0.345 e. The minimum absolute atomic E-state index is 0.404. The van der Waals surface area contributed by atoms with E-state index in [1.54, 1.807) is 12.3 Å². The molecule has 160 valence electrons. The molecule has 3 aromatic heterocycles. The summed E-state index contributed by atoms with van der Waals surface area (Å²) in [4.78, 5) is 17.1. The molecular formula is C23H16Br2N4O2S. The van der Waals surface area contributed by atoms with Crippen molar-refractivity contribution in [1.29, 1.82) is 0 Å². The first-order valence-corrected chi connectivity index (χ1v) is 12.3. The number of hydrazone groups is 1. The minimum atomic E-state index is -0.437. The molecule has 0 spiro atoms. The molecule has 0 atom stereocenters. The van der Waals surface area contributed by atoms with Crippen LogP contribution in [-0.4, -0.2) is 15.8 Å². The molecule has 0 aliphatic carbocycles. The maximum atomic E-state index is 12.5. The number of halogens is 2. The van der Waals surface area contributed by atoms with Gasteiger partial charge in [0.25, 0.3) is 0 Å². The van der Waals surface area contributed by atoms with Crippen LogP contribution < -0.4 is 11.1 Å². The highest BCUT2D eigenvalue weighted by Gasteiger charge is 2.14. The molecule has 0 fully saturated rings. The number of aromatic nitrogens is 2. The second-order valence-electron chi connectivity index (χ2n) is 7.05. The van der Waals surface area contributed by atoms with Crippen molar-refractivity contribution in [2.24, 2.45) is 5.10 Å². The van der Waals surface area contributed by atoms with Gasteiger partial charge in [-0.25, -0.2) is 9.78 Å². The van der Waals surface area contributed by atoms with Gasteiger partial charge < -0.3 is 8.98 Å². The topological polar surface area (TPSA) is 72.4 Å². The second kappa shape index (κ2) is 8.65. The Morgan fingerprint density at radius 3 is 2.94 bits per heavy atom. The van der Waals surface area contributed by atoms with Crippen LogP contribution >= 0.6 is 43.2 Å². The molecule has 5 rings (SSSR count). The Morgan fingerprint density at radius 2 is 2.09 bits per heavy atom. The first kappa shape index (κ1) is 21.1. The van der Waals surface area contributed by atoms with Crippen LogP contribution in [0.1, 0.15) is 12.5 Å². The zero-order chi connectivity index (χ0) is 22.2. The second-order valence-corrected chi connectivity index (χ2v) is 9.68. The molecule has 9 heteroatoms. The van der Waals surface area contributed by atoms with E-state index in [9.17, 15) is 4.79 Å². The number of benzene rings is 2. The van der Waals surface area contributed by atoms with E-state index in [0.717, 1.165) is 27.4 Å². The van der Waals surface area contributed by atoms with Gasteiger partial charge in [0.2, 0.25) is 5.13 Å². The van der Waals surface area contributed by atoms with Crippen LogP contribution in [0.25, 0.3) is 33.1 Å². The highest BCUT2D eigenvalue weighted by Crippen LogP contribution is 2.31. The standard InChI is InChI=1S/C23H16Br2N4O2S/c1-2-29-11-14(16-5-3-4-6-20(16)29)10-26-28-23-27-19(12-32-23)17-8-13-7-15(24)9-18(25)21(13)31-22(17)30/h3-12H,2H2,1H3,(H,27,28)/b26-10+. The number of thiazole rings is 1. The van der Waals surface area contributed by atoms with Gasteiger partial charge >= 0.3 is 5.63 Å². The fraction of sp³-hybridized carbons (Fsp3) is 0.0870. The predicted octanol–water partition coefficient (Wildman–Crippen LogP) is 6.86. The van der Waals surface area contributed by atoms with Crippen molar-refractivity contribution in [3.8, 4) is 11.3 Å². The van der Waals surface area contributed by atoms with Gasteiger partial charge in [-0.3, -0.25) is 5.43 Å². The Balaban J connectivity index is 1.41. The number of rotatable bonds is 5. The maximum absolute atomic E-state index is 12.5. The molecule has 0 saturated heterocycles. The van der Waals surface area contributed by atoms with Crippen LogP contribution in [0.2, 0.25) is 0 Å². The summed E-state index contributed by atoms with van der Waals surface area (Å²) in [6, 6.07) is 13.8. The number of para-hydroxylation sites is 1. The zero-order valence-corrected chi connectivity index (χ0v) is 20.8. The summed E-state index contributed by atoms with van der Waals surface area (Å²) >= 11 is 8.27. The van der Waals surface area contributed by atoms with Crippen LogP contribution in [0.15, 0.2) is 77.3 Å². The summed E-state index contributed by atoms with van der Waals surface area (Å²) < 4.78 is 9.31. The number of hydrogen-bond donors (Lipinski definition) is 1. The average molecular weight is 572 g/mol. The number of hydrogen-bond acceptors (Lipinski definition) is 6. The SMILES string of the molecule is CCn1cc(/C=N/Nc2nc(-c3cc4cc(Br)cc(Br)c4oc3=O)cs2)c2ccccc21. The Kier molecular flexibility index (Phi) is 5.71. The first-order chi connectivity index (χ1) is 15.5. The van der Waals surface area contributed by atoms with Crippen molar-refractivity contribution in [2.45, 2.75) is 13.5 Å². The van der Waals surface area contributed by atoms with Crippen molar-refractivity contribution >= 4 is 76.4 Å². The van der Waals surface area contributed by atoms with E-state index < -0.39 is 5.63 Å². The lowest BCUT2D eigenvalue weighted by molar-refractivity contribution is 0.561. The van der Waals surface area contributed by atoms with Crippen molar-refractivity contribution in [3.05, 3.63) is 79.0 Å². The van der Waals surface area contributed by atoms with Gasteiger partial charge in [-0.1, -0.05) is 34.1 Å². The summed E-state index contributed by atoms with van der Waals surface area (Å²) in [5, 5.41) is 8.70. The zero-order valence-electron chi connectivity index (χ0n) is 16.8. The first-order valence-electron chi connectivity index (χ1n) is 9.79. The van der Waals surface area contributed by atoms with Gasteiger partial charge in [-0.05, 0) is 47.1 Å². The van der Waals surface area contributed by atoms with E-state index >= 15 is 0 Å². The van der Waals surface area contributed by atoms with Crippen molar-refractivity contribution in [1.82, 2.24) is 9.55 Å². The lowest BCUT2D eigenvalue weighted by Gasteiger charge is -2.03. The fourth-order valence-corrected chi connectivity index (χ4v) is 5.58. The van der Waals surface area contributed by atoms with Crippen molar-refractivity contribution in [2.75, 3.05) is 5.43 Å². The molecule has 0 unspecified atom stereocenters. The van der Waals surface area contributed by atoms with Crippen LogP contribution in [0.4, 0.5) is 5.13 Å². The van der Waals surface area contributed by atoms with Crippen molar-refractivity contribution < 1.29 is 4.42 Å². The normalized spacial score (nSPS) is 11.7. The lowest BCUT2D eigenvalue weighted by Crippen LogP contribution is -2.03. The molecule has 0 aliphatic heterocycles. The number of anilines is 1. The number of nitrogens with zero attached hydrogens (tertiary/aromatic N) is 3. The van der Waals surface area contributed by atoms with Crippen LogP contribution in [-0.2, 0) is 6.54 Å². The van der Waals surface area contributed by atoms with E-state index in [1.165, 1.54) is 16.9 Å². The molecule has 2 aromatic carbocycles. The van der Waals surface area contributed by atoms with Gasteiger partial charge in [0.1, 0.15) is 0 Å². The quantitative estimate of drug-likeness (QED) is 0.142. The summed E-state index contributed by atoms with van der Waals surface area (Å²) in [5.74, 6) is 0.